The predicted molar refractivity (Wildman–Crippen MR) is 151 cm³/mol. The summed E-state index contributed by atoms with van der Waals surface area (Å²) < 4.78 is 28.7. The molecular weight excluding hydrogens is 522 g/mol. The summed E-state index contributed by atoms with van der Waals surface area (Å²) in [5.41, 5.74) is 1.74. The second kappa shape index (κ2) is 12.9. The molecular formula is C29H34ClN3O4S. The van der Waals surface area contributed by atoms with Gasteiger partial charge in [-0.3, -0.25) is 13.9 Å². The van der Waals surface area contributed by atoms with Crippen LogP contribution in [-0.4, -0.2) is 44.3 Å². The molecule has 0 fully saturated rings. The van der Waals surface area contributed by atoms with Crippen LogP contribution in [-0.2, 0) is 26.2 Å². The first-order chi connectivity index (χ1) is 18.0. The maximum absolute atomic E-state index is 13.9. The largest absolute Gasteiger partial charge is 0.354 e. The summed E-state index contributed by atoms with van der Waals surface area (Å²) in [5.74, 6) is -0.626. The zero-order valence-corrected chi connectivity index (χ0v) is 23.7. The molecule has 0 saturated carbocycles. The number of anilines is 1. The number of sulfonamides is 1. The molecule has 7 nitrogen and oxygen atoms in total. The molecule has 3 rings (SSSR count). The fourth-order valence-corrected chi connectivity index (χ4v) is 5.62. The van der Waals surface area contributed by atoms with Crippen LogP contribution < -0.4 is 9.62 Å². The molecule has 2 amide bonds. The number of aryl methyl sites for hydroxylation is 1. The van der Waals surface area contributed by atoms with Crippen molar-refractivity contribution < 1.29 is 18.0 Å². The Balaban J connectivity index is 2.02. The van der Waals surface area contributed by atoms with E-state index in [1.807, 2.05) is 13.8 Å². The minimum Gasteiger partial charge on any atom is -0.354 e. The van der Waals surface area contributed by atoms with Crippen LogP contribution in [0.3, 0.4) is 0 Å². The number of benzene rings is 3. The Kier molecular flexibility index (Phi) is 9.94. The summed E-state index contributed by atoms with van der Waals surface area (Å²) in [6, 6.07) is 21.2. The molecule has 0 radical (unpaired) electrons. The Hall–Kier alpha value is -3.36. The van der Waals surface area contributed by atoms with Crippen LogP contribution in [0, 0.1) is 12.8 Å². The quantitative estimate of drug-likeness (QED) is 0.359. The number of amides is 2. The van der Waals surface area contributed by atoms with Crippen molar-refractivity contribution >= 4 is 39.1 Å². The fourth-order valence-electron chi connectivity index (χ4n) is 3.92. The van der Waals surface area contributed by atoms with Gasteiger partial charge in [-0.2, -0.15) is 0 Å². The van der Waals surface area contributed by atoms with Gasteiger partial charge in [0, 0.05) is 18.1 Å². The highest BCUT2D eigenvalue weighted by atomic mass is 35.5. The molecule has 0 aliphatic rings. The van der Waals surface area contributed by atoms with Crippen LogP contribution in [0.1, 0.15) is 31.9 Å². The van der Waals surface area contributed by atoms with E-state index >= 15 is 0 Å². The second-order valence-corrected chi connectivity index (χ2v) is 11.8. The molecule has 0 unspecified atom stereocenters. The monoisotopic (exact) mass is 555 g/mol. The van der Waals surface area contributed by atoms with E-state index in [1.165, 1.54) is 17.0 Å². The molecule has 0 spiro atoms. The number of para-hydroxylation sites is 1. The van der Waals surface area contributed by atoms with Crippen molar-refractivity contribution in [3.8, 4) is 0 Å². The summed E-state index contributed by atoms with van der Waals surface area (Å²) in [7, 11) is -4.09. The summed E-state index contributed by atoms with van der Waals surface area (Å²) in [4.78, 5) is 28.4. The Bertz CT molecular complexity index is 1360. The van der Waals surface area contributed by atoms with Crippen LogP contribution in [0.4, 0.5) is 5.69 Å². The van der Waals surface area contributed by atoms with Crippen molar-refractivity contribution in [2.24, 2.45) is 5.92 Å². The molecule has 3 aromatic carbocycles. The molecule has 38 heavy (non-hydrogen) atoms. The first-order valence-electron chi connectivity index (χ1n) is 12.5. The van der Waals surface area contributed by atoms with Crippen molar-refractivity contribution in [2.75, 3.05) is 17.4 Å². The van der Waals surface area contributed by atoms with Gasteiger partial charge in [0.25, 0.3) is 10.0 Å². The van der Waals surface area contributed by atoms with Crippen LogP contribution in [0.5, 0.6) is 0 Å². The first kappa shape index (κ1) is 29.2. The third-order valence-corrected chi connectivity index (χ3v) is 8.29. The van der Waals surface area contributed by atoms with Crippen molar-refractivity contribution in [3.63, 3.8) is 0 Å². The standard InChI is InChI=1S/C29H34ClN3O4S/c1-21(2)18-31-29(35)23(4)32(19-24-13-9-10-16-26(24)30)28(34)20-33(27-17-11-8-12-22(27)3)38(36,37)25-14-6-5-7-15-25/h5-17,21,23H,18-20H2,1-4H3,(H,31,35)/t23-/m1/s1. The average Bonchev–Trinajstić information content (AvgIpc) is 2.90. The number of nitrogens with one attached hydrogen (secondary N) is 1. The molecule has 1 atom stereocenters. The van der Waals surface area contributed by atoms with E-state index in [1.54, 1.807) is 80.6 Å². The van der Waals surface area contributed by atoms with E-state index in [4.69, 9.17) is 11.6 Å². The van der Waals surface area contributed by atoms with Gasteiger partial charge in [-0.15, -0.1) is 0 Å². The molecule has 0 bridgehead atoms. The molecule has 3 aromatic rings. The summed E-state index contributed by atoms with van der Waals surface area (Å²) in [6.45, 7) is 7.38. The predicted octanol–water partition coefficient (Wildman–Crippen LogP) is 5.03. The molecule has 1 N–H and O–H groups in total. The van der Waals surface area contributed by atoms with Gasteiger partial charge in [-0.1, -0.05) is 80.0 Å². The Morgan fingerprint density at radius 1 is 0.895 bits per heavy atom. The number of hydrogen-bond donors (Lipinski definition) is 1. The lowest BCUT2D eigenvalue weighted by atomic mass is 10.1. The summed E-state index contributed by atoms with van der Waals surface area (Å²) in [5, 5.41) is 3.32. The molecule has 0 aromatic heterocycles. The van der Waals surface area contributed by atoms with E-state index in [0.29, 0.717) is 28.4 Å². The van der Waals surface area contributed by atoms with E-state index in [0.717, 1.165) is 4.31 Å². The van der Waals surface area contributed by atoms with Gasteiger partial charge in [0.2, 0.25) is 11.8 Å². The Labute approximate surface area is 230 Å². The summed E-state index contributed by atoms with van der Waals surface area (Å²) >= 11 is 6.39. The number of carbonyl (C=O) groups excluding carboxylic acids is 2. The second-order valence-electron chi connectivity index (χ2n) is 9.54. The highest BCUT2D eigenvalue weighted by Gasteiger charge is 2.33. The zero-order valence-electron chi connectivity index (χ0n) is 22.1. The molecule has 0 aliphatic heterocycles. The minimum absolute atomic E-state index is 0.0434. The van der Waals surface area contributed by atoms with Crippen LogP contribution in [0.25, 0.3) is 0 Å². The molecule has 0 heterocycles. The van der Waals surface area contributed by atoms with Gasteiger partial charge in [-0.25, -0.2) is 8.42 Å². The highest BCUT2D eigenvalue weighted by Crippen LogP contribution is 2.27. The van der Waals surface area contributed by atoms with Gasteiger partial charge >= 0.3 is 0 Å². The Morgan fingerprint density at radius 2 is 1.50 bits per heavy atom. The van der Waals surface area contributed by atoms with Gasteiger partial charge in [0.15, 0.2) is 0 Å². The number of rotatable bonds is 11. The third-order valence-electron chi connectivity index (χ3n) is 6.14. The number of nitrogens with zero attached hydrogens (tertiary/aromatic N) is 2. The third kappa shape index (κ3) is 7.14. The molecule has 202 valence electrons. The SMILES string of the molecule is Cc1ccccc1N(CC(=O)N(Cc1ccccc1Cl)[C@H](C)C(=O)NCC(C)C)S(=O)(=O)c1ccccc1. The van der Waals surface area contributed by atoms with E-state index in [9.17, 15) is 18.0 Å². The normalized spacial score (nSPS) is 12.2. The van der Waals surface area contributed by atoms with E-state index < -0.39 is 28.5 Å². The maximum Gasteiger partial charge on any atom is 0.264 e. The van der Waals surface area contributed by atoms with Gasteiger partial charge in [0.05, 0.1) is 10.6 Å². The molecule has 9 heteroatoms. The fraction of sp³-hybridized carbons (Fsp3) is 0.310. The van der Waals surface area contributed by atoms with Crippen molar-refractivity contribution in [1.82, 2.24) is 10.2 Å². The number of halogens is 1. The van der Waals surface area contributed by atoms with Crippen LogP contribution in [0.2, 0.25) is 5.02 Å². The molecule has 0 saturated heterocycles. The molecule has 0 aliphatic carbocycles. The van der Waals surface area contributed by atoms with E-state index in [-0.39, 0.29) is 23.3 Å². The summed E-state index contributed by atoms with van der Waals surface area (Å²) in [6.07, 6.45) is 0. The lowest BCUT2D eigenvalue weighted by molar-refractivity contribution is -0.139. The van der Waals surface area contributed by atoms with E-state index in [2.05, 4.69) is 5.32 Å². The van der Waals surface area contributed by atoms with Gasteiger partial charge in [0.1, 0.15) is 12.6 Å². The number of carbonyl (C=O) groups is 2. The maximum atomic E-state index is 13.9. The van der Waals surface area contributed by atoms with Crippen molar-refractivity contribution in [1.29, 1.82) is 0 Å². The van der Waals surface area contributed by atoms with Gasteiger partial charge < -0.3 is 10.2 Å². The zero-order chi connectivity index (χ0) is 27.9. The van der Waals surface area contributed by atoms with Crippen LogP contribution >= 0.6 is 11.6 Å². The Morgan fingerprint density at radius 3 is 2.13 bits per heavy atom. The lowest BCUT2D eigenvalue weighted by Gasteiger charge is -2.32. The topological polar surface area (TPSA) is 86.8 Å². The van der Waals surface area contributed by atoms with Crippen LogP contribution in [0.15, 0.2) is 83.8 Å². The first-order valence-corrected chi connectivity index (χ1v) is 14.3. The van der Waals surface area contributed by atoms with Gasteiger partial charge in [-0.05, 0) is 55.2 Å². The smallest absolute Gasteiger partial charge is 0.264 e. The average molecular weight is 556 g/mol. The minimum atomic E-state index is -4.09. The van der Waals surface area contributed by atoms with Crippen molar-refractivity contribution in [2.45, 2.75) is 45.2 Å². The lowest BCUT2D eigenvalue weighted by Crippen LogP contribution is -2.51. The highest BCUT2D eigenvalue weighted by molar-refractivity contribution is 7.92. The number of hydrogen-bond acceptors (Lipinski definition) is 4. The van der Waals surface area contributed by atoms with Crippen molar-refractivity contribution in [3.05, 3.63) is 95.0 Å².